The Balaban J connectivity index is 2.34. The number of alkyl halides is 2. The van der Waals surface area contributed by atoms with Crippen LogP contribution in [0, 0.1) is 0 Å². The van der Waals surface area contributed by atoms with Crippen molar-refractivity contribution < 1.29 is 18.3 Å². The molecule has 0 saturated heterocycles. The lowest BCUT2D eigenvalue weighted by Gasteiger charge is -2.09. The lowest BCUT2D eigenvalue weighted by molar-refractivity contribution is -0.130. The molecule has 1 heterocycles. The fraction of sp³-hybridized carbons (Fsp3) is 0.214. The van der Waals surface area contributed by atoms with Crippen LogP contribution in [0.25, 0.3) is 0 Å². The molecule has 22 heavy (non-hydrogen) atoms. The zero-order chi connectivity index (χ0) is 16.1. The minimum Gasteiger partial charge on any atom is -0.321 e. The van der Waals surface area contributed by atoms with Crippen LogP contribution in [-0.2, 0) is 11.3 Å². The van der Waals surface area contributed by atoms with Crippen LogP contribution in [0.5, 0.6) is 0 Å². The number of aromatic nitrogens is 2. The second kappa shape index (κ2) is 6.90. The maximum absolute atomic E-state index is 12.2. The third-order valence-corrected chi connectivity index (χ3v) is 2.85. The first kappa shape index (κ1) is 15.8. The molecular formula is C14H12F2N2O4. The number of carbonyl (C=O) groups is 1. The molecule has 0 saturated carbocycles. The summed E-state index contributed by atoms with van der Waals surface area (Å²) in [6.07, 6.45) is 1.13. The van der Waals surface area contributed by atoms with E-state index in [1.165, 1.54) is 12.1 Å². The Hall–Kier alpha value is -2.61. The van der Waals surface area contributed by atoms with Crippen LogP contribution >= 0.6 is 0 Å². The maximum atomic E-state index is 12.2. The molecule has 1 aromatic heterocycles. The van der Waals surface area contributed by atoms with Crippen LogP contribution in [0.15, 0.2) is 52.2 Å². The Labute approximate surface area is 123 Å². The second-order valence-electron chi connectivity index (χ2n) is 4.27. The normalized spacial score (nSPS) is 10.9. The summed E-state index contributed by atoms with van der Waals surface area (Å²) in [7, 11) is 0. The standard InChI is InChI=1S/C14H12F2N2O4/c15-13(16)22-9-8-17-7-6-11(19)18(14(17)21)12(20)10-4-2-1-3-5-10/h1-7,13H,8-9H2. The highest BCUT2D eigenvalue weighted by Gasteiger charge is 2.15. The van der Waals surface area contributed by atoms with E-state index < -0.39 is 30.4 Å². The molecule has 0 aliphatic rings. The lowest BCUT2D eigenvalue weighted by atomic mass is 10.2. The van der Waals surface area contributed by atoms with Crippen LogP contribution in [0.1, 0.15) is 10.4 Å². The molecule has 2 aromatic rings. The predicted molar refractivity (Wildman–Crippen MR) is 73.1 cm³/mol. The van der Waals surface area contributed by atoms with E-state index in [1.54, 1.807) is 18.2 Å². The van der Waals surface area contributed by atoms with Gasteiger partial charge in [0, 0.05) is 17.8 Å². The zero-order valence-corrected chi connectivity index (χ0v) is 11.3. The molecule has 8 heteroatoms. The highest BCUT2D eigenvalue weighted by atomic mass is 19.3. The highest BCUT2D eigenvalue weighted by molar-refractivity contribution is 5.95. The number of ether oxygens (including phenoxy) is 1. The van der Waals surface area contributed by atoms with Gasteiger partial charge in [0.05, 0.1) is 13.2 Å². The van der Waals surface area contributed by atoms with Crippen molar-refractivity contribution in [2.24, 2.45) is 0 Å². The van der Waals surface area contributed by atoms with Crippen LogP contribution in [0.3, 0.4) is 0 Å². The second-order valence-corrected chi connectivity index (χ2v) is 4.27. The van der Waals surface area contributed by atoms with Crippen molar-refractivity contribution in [3.63, 3.8) is 0 Å². The van der Waals surface area contributed by atoms with Gasteiger partial charge in [0.25, 0.3) is 11.5 Å². The number of benzene rings is 1. The smallest absolute Gasteiger partial charge is 0.321 e. The summed E-state index contributed by atoms with van der Waals surface area (Å²) in [6.45, 7) is -3.58. The predicted octanol–water partition coefficient (Wildman–Crippen LogP) is 0.938. The number of rotatable bonds is 5. The molecule has 0 unspecified atom stereocenters. The molecule has 0 fully saturated rings. The fourth-order valence-electron chi connectivity index (χ4n) is 1.82. The van der Waals surface area contributed by atoms with Crippen LogP contribution in [0.4, 0.5) is 8.78 Å². The Bertz CT molecular complexity index is 768. The Morgan fingerprint density at radius 3 is 2.45 bits per heavy atom. The summed E-state index contributed by atoms with van der Waals surface area (Å²) < 4.78 is 29.3. The molecule has 0 radical (unpaired) electrons. The van der Waals surface area contributed by atoms with Crippen molar-refractivity contribution >= 4 is 5.91 Å². The van der Waals surface area contributed by atoms with Gasteiger partial charge in [-0.25, -0.2) is 4.79 Å². The SMILES string of the molecule is O=C(c1ccccc1)n1c(=O)ccn(CCOC(F)F)c1=O. The van der Waals surface area contributed by atoms with Gasteiger partial charge in [-0.05, 0) is 12.1 Å². The summed E-state index contributed by atoms with van der Waals surface area (Å²) in [5, 5.41) is 0. The first-order chi connectivity index (χ1) is 10.5. The van der Waals surface area contributed by atoms with Crippen LogP contribution < -0.4 is 11.2 Å². The molecule has 0 bridgehead atoms. The highest BCUT2D eigenvalue weighted by Crippen LogP contribution is 1.99. The van der Waals surface area contributed by atoms with Crippen molar-refractivity contribution in [2.75, 3.05) is 6.61 Å². The van der Waals surface area contributed by atoms with Crippen molar-refractivity contribution in [2.45, 2.75) is 13.2 Å². The average Bonchev–Trinajstić information content (AvgIpc) is 2.50. The summed E-state index contributed by atoms with van der Waals surface area (Å²) in [4.78, 5) is 36.1. The molecule has 2 rings (SSSR count). The minimum atomic E-state index is -2.95. The molecule has 0 aliphatic carbocycles. The van der Waals surface area contributed by atoms with E-state index in [0.717, 1.165) is 16.8 Å². The fourth-order valence-corrected chi connectivity index (χ4v) is 1.82. The molecular weight excluding hydrogens is 298 g/mol. The van der Waals surface area contributed by atoms with Gasteiger partial charge in [-0.1, -0.05) is 18.2 Å². The molecule has 0 aliphatic heterocycles. The number of carbonyl (C=O) groups excluding carboxylic acids is 1. The van der Waals surface area contributed by atoms with E-state index in [2.05, 4.69) is 4.74 Å². The van der Waals surface area contributed by atoms with Gasteiger partial charge >= 0.3 is 12.3 Å². The van der Waals surface area contributed by atoms with E-state index in [9.17, 15) is 23.2 Å². The van der Waals surface area contributed by atoms with Crippen molar-refractivity contribution in [3.05, 3.63) is 69.0 Å². The molecule has 0 amide bonds. The molecule has 116 valence electrons. The quantitative estimate of drug-likeness (QED) is 0.824. The summed E-state index contributed by atoms with van der Waals surface area (Å²) in [5.74, 6) is -0.778. The van der Waals surface area contributed by atoms with Crippen molar-refractivity contribution in [1.29, 1.82) is 0 Å². The third kappa shape index (κ3) is 3.53. The first-order valence-electron chi connectivity index (χ1n) is 6.32. The Morgan fingerprint density at radius 2 is 1.82 bits per heavy atom. The van der Waals surface area contributed by atoms with Gasteiger partial charge in [-0.3, -0.25) is 14.2 Å². The van der Waals surface area contributed by atoms with E-state index in [4.69, 9.17) is 0 Å². The van der Waals surface area contributed by atoms with E-state index >= 15 is 0 Å². The monoisotopic (exact) mass is 310 g/mol. The first-order valence-corrected chi connectivity index (χ1v) is 6.32. The maximum Gasteiger partial charge on any atom is 0.345 e. The molecule has 0 N–H and O–H groups in total. The summed E-state index contributed by atoms with van der Waals surface area (Å²) in [5.41, 5.74) is -1.52. The largest absolute Gasteiger partial charge is 0.345 e. The van der Waals surface area contributed by atoms with E-state index in [-0.39, 0.29) is 12.1 Å². The Morgan fingerprint density at radius 1 is 1.14 bits per heavy atom. The van der Waals surface area contributed by atoms with Crippen LogP contribution in [-0.4, -0.2) is 28.3 Å². The number of halogens is 2. The van der Waals surface area contributed by atoms with Gasteiger partial charge in [0.15, 0.2) is 0 Å². The molecule has 6 nitrogen and oxygen atoms in total. The third-order valence-electron chi connectivity index (χ3n) is 2.85. The van der Waals surface area contributed by atoms with Gasteiger partial charge in [0.1, 0.15) is 0 Å². The van der Waals surface area contributed by atoms with Gasteiger partial charge in [0.2, 0.25) is 0 Å². The molecule has 1 aromatic carbocycles. The van der Waals surface area contributed by atoms with Crippen LogP contribution in [0.2, 0.25) is 0 Å². The molecule has 0 spiro atoms. The lowest BCUT2D eigenvalue weighted by Crippen LogP contribution is -2.43. The van der Waals surface area contributed by atoms with E-state index in [1.807, 2.05) is 0 Å². The topological polar surface area (TPSA) is 70.3 Å². The number of hydrogen-bond donors (Lipinski definition) is 0. The van der Waals surface area contributed by atoms with Gasteiger partial charge in [-0.2, -0.15) is 13.3 Å². The summed E-state index contributed by atoms with van der Waals surface area (Å²) >= 11 is 0. The zero-order valence-electron chi connectivity index (χ0n) is 11.3. The average molecular weight is 310 g/mol. The Kier molecular flexibility index (Phi) is 4.95. The number of nitrogens with zero attached hydrogens (tertiary/aromatic N) is 2. The van der Waals surface area contributed by atoms with Gasteiger partial charge in [-0.15, -0.1) is 0 Å². The van der Waals surface area contributed by atoms with Gasteiger partial charge < -0.3 is 4.74 Å². The minimum absolute atomic E-state index is 0.170. The van der Waals surface area contributed by atoms with Crippen molar-refractivity contribution in [3.8, 4) is 0 Å². The summed E-state index contributed by atoms with van der Waals surface area (Å²) in [6, 6.07) is 8.82. The van der Waals surface area contributed by atoms with Crippen molar-refractivity contribution in [1.82, 2.24) is 9.13 Å². The molecule has 0 atom stereocenters. The van der Waals surface area contributed by atoms with E-state index in [0.29, 0.717) is 4.57 Å². The number of hydrogen-bond acceptors (Lipinski definition) is 4.